The first-order chi connectivity index (χ1) is 32.1. The van der Waals surface area contributed by atoms with E-state index in [2.05, 4.69) is 55.9 Å². The van der Waals surface area contributed by atoms with Crippen molar-refractivity contribution in [3.05, 3.63) is 139 Å². The van der Waals surface area contributed by atoms with Crippen molar-refractivity contribution in [3.8, 4) is 11.5 Å². The summed E-state index contributed by atoms with van der Waals surface area (Å²) in [6.45, 7) is 13.6. The van der Waals surface area contributed by atoms with Crippen LogP contribution < -0.4 is 10.6 Å². The van der Waals surface area contributed by atoms with E-state index in [1.807, 2.05) is 97.9 Å². The van der Waals surface area contributed by atoms with E-state index in [9.17, 15) is 19.2 Å². The van der Waals surface area contributed by atoms with Crippen LogP contribution in [0.1, 0.15) is 61.6 Å². The van der Waals surface area contributed by atoms with Crippen molar-refractivity contribution >= 4 is 34.9 Å². The zero-order valence-corrected chi connectivity index (χ0v) is 38.5. The van der Waals surface area contributed by atoms with Crippen LogP contribution in [0.25, 0.3) is 17.0 Å². The van der Waals surface area contributed by atoms with Gasteiger partial charge in [0.25, 0.3) is 0 Å². The van der Waals surface area contributed by atoms with Gasteiger partial charge in [-0.2, -0.15) is 0 Å². The Kier molecular flexibility index (Phi) is 15.0. The number of benzene rings is 3. The molecule has 66 heavy (non-hydrogen) atoms. The van der Waals surface area contributed by atoms with Crippen LogP contribution in [0.3, 0.4) is 0 Å². The number of likely N-dealkylation sites (tertiary alicyclic amines) is 2. The Morgan fingerprint density at radius 2 is 1.17 bits per heavy atom. The summed E-state index contributed by atoms with van der Waals surface area (Å²) in [7, 11) is 4.20. The molecule has 3 aromatic carbocycles. The first-order valence-electron chi connectivity index (χ1n) is 23.3. The van der Waals surface area contributed by atoms with Gasteiger partial charge in [-0.1, -0.05) is 73.3 Å². The summed E-state index contributed by atoms with van der Waals surface area (Å²) in [6, 6.07) is 25.1. The number of carbonyl (C=O) groups excluding carboxylic acids is 4. The lowest BCUT2D eigenvalue weighted by molar-refractivity contribution is -0.143. The minimum absolute atomic E-state index is 0.0260. The highest BCUT2D eigenvalue weighted by atomic mass is 16.4. The third-order valence-corrected chi connectivity index (χ3v) is 13.5. The molecule has 0 aliphatic carbocycles. The molecule has 2 N–H and O–H groups in total. The van der Waals surface area contributed by atoms with Crippen LogP contribution in [-0.2, 0) is 19.2 Å². The summed E-state index contributed by atoms with van der Waals surface area (Å²) in [6.07, 6.45) is 9.55. The van der Waals surface area contributed by atoms with Gasteiger partial charge in [-0.15, -0.1) is 0 Å². The number of rotatable bonds is 14. The zero-order valence-electron chi connectivity index (χ0n) is 38.5. The summed E-state index contributed by atoms with van der Waals surface area (Å²) < 4.78 is 6.16. The molecule has 0 saturated carbocycles. The maximum Gasteiger partial charge on any atom is 0.247 e. The average molecular weight is 894 g/mol. The number of likely N-dealkylation sites (N-methyl/N-ethyl adjacent to an activating group) is 2. The van der Waals surface area contributed by atoms with Gasteiger partial charge in [0.1, 0.15) is 24.2 Å². The van der Waals surface area contributed by atoms with Gasteiger partial charge in [0.15, 0.2) is 5.76 Å². The first kappa shape index (κ1) is 46.3. The number of hydrogen-bond acceptors (Lipinski definition) is 10. The fourth-order valence-electron chi connectivity index (χ4n) is 9.57. The number of hydrogen-bond donors (Lipinski definition) is 2. The molecule has 4 saturated heterocycles. The molecule has 14 heteroatoms. The number of nitrogens with one attached hydrogen (secondary N) is 2. The monoisotopic (exact) mass is 893 g/mol. The fraction of sp³-hybridized carbons (Fsp3) is 0.404. The van der Waals surface area contributed by atoms with Crippen molar-refractivity contribution in [2.75, 3.05) is 84.9 Å². The van der Waals surface area contributed by atoms with E-state index in [1.165, 1.54) is 0 Å². The second-order valence-electron chi connectivity index (χ2n) is 17.9. The van der Waals surface area contributed by atoms with Crippen molar-refractivity contribution < 1.29 is 23.6 Å². The molecule has 14 nitrogen and oxygen atoms in total. The quantitative estimate of drug-likeness (QED) is 0.149. The molecule has 0 radical (unpaired) electrons. The Balaban J connectivity index is 0.879. The molecule has 1 aromatic heterocycles. The Labute approximate surface area is 388 Å². The Morgan fingerprint density at radius 3 is 1.67 bits per heavy atom. The van der Waals surface area contributed by atoms with E-state index in [4.69, 9.17) is 4.42 Å². The smallest absolute Gasteiger partial charge is 0.247 e. The van der Waals surface area contributed by atoms with Crippen LogP contribution in [-0.4, -0.2) is 150 Å². The molecule has 5 heterocycles. The van der Waals surface area contributed by atoms with Crippen LogP contribution in [0, 0.1) is 0 Å². The molecule has 4 aliphatic rings. The predicted octanol–water partition coefficient (Wildman–Crippen LogP) is 5.83. The zero-order chi connectivity index (χ0) is 46.2. The summed E-state index contributed by atoms with van der Waals surface area (Å²) in [5.41, 5.74) is 4.52. The van der Waals surface area contributed by atoms with Gasteiger partial charge in [-0.25, -0.2) is 4.98 Å². The Bertz CT molecular complexity index is 2380. The van der Waals surface area contributed by atoms with Gasteiger partial charge in [-0.3, -0.25) is 29.0 Å². The molecule has 0 spiro atoms. The second kappa shape index (κ2) is 21.4. The highest BCUT2D eigenvalue weighted by Gasteiger charge is 2.42. The molecule has 4 fully saturated rings. The number of anilines is 1. The molecular weight excluding hydrogens is 831 g/mol. The molecule has 2 unspecified atom stereocenters. The highest BCUT2D eigenvalue weighted by Crippen LogP contribution is 2.32. The minimum atomic E-state index is -0.590. The van der Waals surface area contributed by atoms with Crippen LogP contribution in [0.2, 0.25) is 0 Å². The van der Waals surface area contributed by atoms with E-state index < -0.39 is 24.2 Å². The predicted molar refractivity (Wildman–Crippen MR) is 257 cm³/mol. The van der Waals surface area contributed by atoms with Crippen molar-refractivity contribution in [3.63, 3.8) is 0 Å². The maximum atomic E-state index is 14.3. The first-order valence-corrected chi connectivity index (χ1v) is 23.3. The van der Waals surface area contributed by atoms with E-state index >= 15 is 0 Å². The largest absolute Gasteiger partial charge is 0.436 e. The summed E-state index contributed by atoms with van der Waals surface area (Å²) in [4.78, 5) is 73.3. The van der Waals surface area contributed by atoms with Crippen molar-refractivity contribution in [2.45, 2.75) is 56.8 Å². The lowest BCUT2D eigenvalue weighted by Crippen LogP contribution is -2.53. The van der Waals surface area contributed by atoms with E-state index in [0.717, 1.165) is 87.5 Å². The van der Waals surface area contributed by atoms with Gasteiger partial charge in [0.05, 0.1) is 6.20 Å². The number of nitrogens with zero attached hydrogens (tertiary/aromatic N) is 7. The summed E-state index contributed by atoms with van der Waals surface area (Å²) in [5.74, 6) is 0.457. The Morgan fingerprint density at radius 1 is 0.667 bits per heavy atom. The second-order valence-corrected chi connectivity index (χ2v) is 17.9. The lowest BCUT2D eigenvalue weighted by Gasteiger charge is -2.39. The molecule has 4 aliphatic heterocycles. The van der Waals surface area contributed by atoms with Gasteiger partial charge in [0, 0.05) is 82.4 Å². The SMILES string of the molecule is C=C/C(=C\C=C(/C)c1cnc(-c2ccc(NC(=O)[C@@H]3CCCN3C(=O)C(c3ccccc3)N3CCN(C)CC3)cc2)o1)NC(=O)[C@@H]1CCCN1C(=O)C(c1ccccc1)N1CCN(C)CC1. The molecular formula is C52H63N9O5. The number of aromatic nitrogens is 1. The lowest BCUT2D eigenvalue weighted by atomic mass is 10.0. The number of oxazole rings is 1. The molecule has 8 rings (SSSR count). The third-order valence-electron chi connectivity index (χ3n) is 13.5. The number of allylic oxidation sites excluding steroid dienone is 4. The van der Waals surface area contributed by atoms with Crippen LogP contribution in [0.4, 0.5) is 5.69 Å². The standard InChI is InChI=1S/C52H63N9O5/c1-5-41(54-48(62)43-18-12-26-60(43)51(64)46(38-14-8-6-9-15-38)58-32-28-56(3)29-33-58)23-20-37(2)45-36-53-50(66-45)40-21-24-42(25-22-40)55-49(63)44-19-13-27-61(44)52(65)47(39-16-10-7-11-17-39)59-34-30-57(4)31-35-59/h5-11,14-17,20-25,36,43-44,46-47H,1,12-13,18-19,26-35H2,2-4H3,(H,54,62)(H,55,63)/b37-20+,41-23+/t43-,44-,46?,47?/m0/s1. The van der Waals surface area contributed by atoms with Crippen molar-refractivity contribution in [1.82, 2.24) is 39.7 Å². The highest BCUT2D eigenvalue weighted by molar-refractivity contribution is 5.98. The van der Waals surface area contributed by atoms with E-state index in [-0.39, 0.29) is 23.6 Å². The van der Waals surface area contributed by atoms with Crippen LogP contribution in [0.5, 0.6) is 0 Å². The molecule has 4 amide bonds. The summed E-state index contributed by atoms with van der Waals surface area (Å²) >= 11 is 0. The van der Waals surface area contributed by atoms with Gasteiger partial charge >= 0.3 is 0 Å². The van der Waals surface area contributed by atoms with Gasteiger partial charge in [0.2, 0.25) is 29.5 Å². The molecule has 346 valence electrons. The number of carbonyl (C=O) groups is 4. The van der Waals surface area contributed by atoms with Gasteiger partial charge < -0.3 is 34.7 Å². The maximum absolute atomic E-state index is 14.3. The van der Waals surface area contributed by atoms with Crippen LogP contribution >= 0.6 is 0 Å². The third kappa shape index (κ3) is 10.7. The summed E-state index contributed by atoms with van der Waals surface area (Å²) in [5, 5.41) is 6.07. The number of amides is 4. The minimum Gasteiger partial charge on any atom is -0.436 e. The molecule has 4 atom stereocenters. The Hall–Kier alpha value is -6.19. The molecule has 4 aromatic rings. The van der Waals surface area contributed by atoms with Crippen molar-refractivity contribution in [2.24, 2.45) is 0 Å². The topological polar surface area (TPSA) is 138 Å². The van der Waals surface area contributed by atoms with E-state index in [1.54, 1.807) is 28.1 Å². The van der Waals surface area contributed by atoms with E-state index in [0.29, 0.717) is 49.0 Å². The molecule has 0 bridgehead atoms. The van der Waals surface area contributed by atoms with Gasteiger partial charge in [-0.05, 0) is 99.8 Å². The fourth-order valence-corrected chi connectivity index (χ4v) is 9.57. The number of piperazine rings is 2. The van der Waals surface area contributed by atoms with Crippen LogP contribution in [0.15, 0.2) is 126 Å². The van der Waals surface area contributed by atoms with Crippen molar-refractivity contribution in [1.29, 1.82) is 0 Å². The normalized spacial score (nSPS) is 21.4. The average Bonchev–Trinajstić information content (AvgIpc) is 4.15.